The van der Waals surface area contributed by atoms with Crippen molar-refractivity contribution in [2.45, 2.75) is 37.6 Å². The summed E-state index contributed by atoms with van der Waals surface area (Å²) in [5.74, 6) is 0.510. The lowest BCUT2D eigenvalue weighted by molar-refractivity contribution is 0.0552. The van der Waals surface area contributed by atoms with Crippen LogP contribution in [0.1, 0.15) is 35.7 Å². The molecule has 1 aromatic heterocycles. The normalized spacial score (nSPS) is 13.9. The average molecular weight is 525 g/mol. The first-order valence-electron chi connectivity index (χ1n) is 12.5. The Kier molecular flexibility index (Phi) is 9.19. The van der Waals surface area contributed by atoms with Gasteiger partial charge in [-0.15, -0.1) is 16.9 Å². The van der Waals surface area contributed by atoms with Gasteiger partial charge in [-0.05, 0) is 48.7 Å². The molecule has 1 aliphatic rings. The maximum Gasteiger partial charge on any atom is 0.362 e. The van der Waals surface area contributed by atoms with Crippen molar-refractivity contribution in [2.24, 2.45) is 10.2 Å². The summed E-state index contributed by atoms with van der Waals surface area (Å²) in [7, 11) is 1.37. The number of nitrogens with zero attached hydrogens (tertiary/aromatic N) is 4. The lowest BCUT2D eigenvalue weighted by atomic mass is 10.1. The van der Waals surface area contributed by atoms with Crippen LogP contribution in [0.2, 0.25) is 0 Å². The average Bonchev–Trinajstić information content (AvgIpc) is 3.20. The van der Waals surface area contributed by atoms with Gasteiger partial charge in [0.25, 0.3) is 0 Å². The van der Waals surface area contributed by atoms with Crippen LogP contribution in [0.15, 0.2) is 57.6 Å². The first-order chi connectivity index (χ1) is 18.0. The molecule has 0 aliphatic carbocycles. The molecule has 3 aromatic rings. The molecule has 196 valence electrons. The van der Waals surface area contributed by atoms with Gasteiger partial charge in [0.1, 0.15) is 0 Å². The third kappa shape index (κ3) is 6.50. The van der Waals surface area contributed by atoms with Crippen molar-refractivity contribution in [3.63, 3.8) is 0 Å². The Bertz CT molecular complexity index is 1270. The van der Waals surface area contributed by atoms with Gasteiger partial charge in [0.15, 0.2) is 5.69 Å². The number of azo groups is 1. The van der Waals surface area contributed by atoms with Gasteiger partial charge in [-0.2, -0.15) is 0 Å². The van der Waals surface area contributed by atoms with Gasteiger partial charge in [0, 0.05) is 35.7 Å². The third-order valence-electron chi connectivity index (χ3n) is 6.27. The van der Waals surface area contributed by atoms with Crippen LogP contribution in [0.4, 0.5) is 10.5 Å². The SMILES string of the molecule is CCCCn1c(O)c(N=NC(=O)N2CCOCC2)c2cc(SCCc3ccc(C(=O)OC)cc3)ccc21. The molecule has 4 rings (SSSR count). The molecule has 2 heterocycles. The quantitative estimate of drug-likeness (QED) is 0.215. The molecule has 0 spiro atoms. The molecule has 0 atom stereocenters. The number of unbranched alkanes of at least 4 members (excludes halogenated alkanes) is 1. The highest BCUT2D eigenvalue weighted by Gasteiger charge is 2.20. The maximum atomic E-state index is 12.5. The monoisotopic (exact) mass is 524 g/mol. The molecule has 0 radical (unpaired) electrons. The number of morpholine rings is 1. The number of amides is 2. The van der Waals surface area contributed by atoms with E-state index in [1.165, 1.54) is 7.11 Å². The van der Waals surface area contributed by atoms with Crippen molar-refractivity contribution < 1.29 is 24.2 Å². The van der Waals surface area contributed by atoms with Crippen molar-refractivity contribution in [1.82, 2.24) is 9.47 Å². The number of thioether (sulfide) groups is 1. The number of carbonyl (C=O) groups excluding carboxylic acids is 2. The highest BCUT2D eigenvalue weighted by Crippen LogP contribution is 2.41. The molecule has 37 heavy (non-hydrogen) atoms. The van der Waals surface area contributed by atoms with E-state index in [4.69, 9.17) is 9.47 Å². The molecule has 1 N–H and O–H groups in total. The van der Waals surface area contributed by atoms with Gasteiger partial charge < -0.3 is 24.0 Å². The summed E-state index contributed by atoms with van der Waals surface area (Å²) in [5, 5.41) is 19.9. The van der Waals surface area contributed by atoms with Gasteiger partial charge in [-0.25, -0.2) is 9.59 Å². The van der Waals surface area contributed by atoms with Gasteiger partial charge >= 0.3 is 12.0 Å². The number of hydrogen-bond acceptors (Lipinski definition) is 7. The Morgan fingerprint density at radius 2 is 1.89 bits per heavy atom. The highest BCUT2D eigenvalue weighted by molar-refractivity contribution is 7.99. The Balaban J connectivity index is 1.51. The van der Waals surface area contributed by atoms with E-state index in [9.17, 15) is 14.7 Å². The zero-order valence-corrected chi connectivity index (χ0v) is 22.0. The maximum absolute atomic E-state index is 12.5. The van der Waals surface area contributed by atoms with Crippen LogP contribution in [-0.2, 0) is 22.4 Å². The van der Waals surface area contributed by atoms with E-state index in [-0.39, 0.29) is 11.8 Å². The summed E-state index contributed by atoms with van der Waals surface area (Å²) in [6.45, 7) is 4.68. The molecule has 10 heteroatoms. The van der Waals surface area contributed by atoms with Crippen LogP contribution in [0.3, 0.4) is 0 Å². The summed E-state index contributed by atoms with van der Waals surface area (Å²) >= 11 is 1.69. The first-order valence-corrected chi connectivity index (χ1v) is 13.4. The molecule has 1 aliphatic heterocycles. The number of aromatic hydroxyl groups is 1. The predicted molar refractivity (Wildman–Crippen MR) is 143 cm³/mol. The Labute approximate surface area is 220 Å². The molecule has 0 saturated carbocycles. The Hall–Kier alpha value is -3.37. The van der Waals surface area contributed by atoms with Crippen LogP contribution in [0.25, 0.3) is 10.9 Å². The lowest BCUT2D eigenvalue weighted by Crippen LogP contribution is -2.39. The van der Waals surface area contributed by atoms with Crippen LogP contribution < -0.4 is 0 Å². The Morgan fingerprint density at radius 3 is 2.59 bits per heavy atom. The first kappa shape index (κ1) is 26.7. The smallest absolute Gasteiger partial charge is 0.362 e. The molecule has 9 nitrogen and oxygen atoms in total. The van der Waals surface area contributed by atoms with Crippen molar-refractivity contribution in [2.75, 3.05) is 39.2 Å². The summed E-state index contributed by atoms with van der Waals surface area (Å²) in [5.41, 5.74) is 2.83. The van der Waals surface area contributed by atoms with E-state index in [1.807, 2.05) is 34.9 Å². The molecule has 0 bridgehead atoms. The minimum Gasteiger partial charge on any atom is -0.493 e. The molecular weight excluding hydrogens is 492 g/mol. The number of ether oxygens (including phenoxy) is 2. The van der Waals surface area contributed by atoms with Crippen LogP contribution in [-0.4, -0.2) is 65.7 Å². The van der Waals surface area contributed by atoms with Crippen molar-refractivity contribution >= 4 is 40.4 Å². The van der Waals surface area contributed by atoms with E-state index in [0.29, 0.717) is 44.1 Å². The number of urea groups is 1. The number of benzene rings is 2. The second-order valence-corrected chi connectivity index (χ2v) is 9.89. The van der Waals surface area contributed by atoms with Crippen LogP contribution >= 0.6 is 11.8 Å². The van der Waals surface area contributed by atoms with Crippen molar-refractivity contribution in [3.05, 3.63) is 53.6 Å². The number of rotatable bonds is 9. The molecule has 2 aromatic carbocycles. The molecule has 1 fully saturated rings. The summed E-state index contributed by atoms with van der Waals surface area (Å²) < 4.78 is 11.9. The third-order valence-corrected chi connectivity index (χ3v) is 7.26. The number of esters is 1. The van der Waals surface area contributed by atoms with E-state index in [1.54, 1.807) is 28.8 Å². The van der Waals surface area contributed by atoms with Crippen molar-refractivity contribution in [1.29, 1.82) is 0 Å². The van der Waals surface area contributed by atoms with E-state index in [2.05, 4.69) is 17.2 Å². The zero-order valence-electron chi connectivity index (χ0n) is 21.2. The molecule has 2 amide bonds. The predicted octanol–water partition coefficient (Wildman–Crippen LogP) is 5.80. The Morgan fingerprint density at radius 1 is 1.14 bits per heavy atom. The summed E-state index contributed by atoms with van der Waals surface area (Å²) in [4.78, 5) is 26.8. The van der Waals surface area contributed by atoms with Gasteiger partial charge in [-0.1, -0.05) is 30.6 Å². The fourth-order valence-corrected chi connectivity index (χ4v) is 5.10. The van der Waals surface area contributed by atoms with E-state index in [0.717, 1.165) is 46.4 Å². The fourth-order valence-electron chi connectivity index (χ4n) is 4.16. The summed E-state index contributed by atoms with van der Waals surface area (Å²) in [6, 6.07) is 13.0. The number of carbonyl (C=O) groups is 2. The molecular formula is C27H32N4O5S. The second kappa shape index (κ2) is 12.7. The summed E-state index contributed by atoms with van der Waals surface area (Å²) in [6.07, 6.45) is 2.72. The highest BCUT2D eigenvalue weighted by atomic mass is 32.2. The number of aryl methyl sites for hydroxylation is 2. The second-order valence-electron chi connectivity index (χ2n) is 8.73. The van der Waals surface area contributed by atoms with Crippen molar-refractivity contribution in [3.8, 4) is 5.88 Å². The number of fused-ring (bicyclic) bond motifs is 1. The number of hydrogen-bond donors (Lipinski definition) is 1. The largest absolute Gasteiger partial charge is 0.493 e. The van der Waals surface area contributed by atoms with Crippen LogP contribution in [0, 0.1) is 0 Å². The molecule has 0 unspecified atom stereocenters. The minimum absolute atomic E-state index is 0.0230. The van der Waals surface area contributed by atoms with Crippen LogP contribution in [0.5, 0.6) is 5.88 Å². The topological polar surface area (TPSA) is 106 Å². The number of aromatic nitrogens is 1. The van der Waals surface area contributed by atoms with Gasteiger partial charge in [-0.3, -0.25) is 0 Å². The standard InChI is InChI=1S/C27H32N4O5S/c1-3-4-12-31-23-10-9-21(37-17-11-19-5-7-20(8-6-19)26(33)35-2)18-22(23)24(25(31)32)28-29-27(34)30-13-15-36-16-14-30/h5-10,18,32H,3-4,11-17H2,1-2H3. The zero-order chi connectivity index (χ0) is 26.2. The fraction of sp³-hybridized carbons (Fsp3) is 0.407. The lowest BCUT2D eigenvalue weighted by Gasteiger charge is -2.24. The van der Waals surface area contributed by atoms with Gasteiger partial charge in [0.2, 0.25) is 5.88 Å². The molecule has 1 saturated heterocycles. The number of methoxy groups -OCH3 is 1. The van der Waals surface area contributed by atoms with E-state index >= 15 is 0 Å². The van der Waals surface area contributed by atoms with E-state index < -0.39 is 6.03 Å². The minimum atomic E-state index is -0.430. The van der Waals surface area contributed by atoms with Gasteiger partial charge in [0.05, 0.1) is 31.4 Å².